The van der Waals surface area contributed by atoms with Gasteiger partial charge in [-0.15, -0.1) is 0 Å². The highest BCUT2D eigenvalue weighted by Crippen LogP contribution is 2.18. The molecule has 1 aromatic rings. The van der Waals surface area contributed by atoms with Crippen molar-refractivity contribution in [2.75, 3.05) is 5.75 Å². The number of amides is 1. The molecule has 0 aromatic heterocycles. The minimum Gasteiger partial charge on any atom is -0.368 e. The monoisotopic (exact) mass is 256 g/mol. The molecule has 0 radical (unpaired) electrons. The molecule has 0 fully saturated rings. The van der Waals surface area contributed by atoms with Gasteiger partial charge in [0.05, 0.1) is 16.7 Å². The highest BCUT2D eigenvalue weighted by Gasteiger charge is 2.23. The third-order valence-electron chi connectivity index (χ3n) is 2.44. The molecule has 1 unspecified atom stereocenters. The third kappa shape index (κ3) is 3.28. The van der Waals surface area contributed by atoms with E-state index in [1.807, 2.05) is 6.07 Å². The van der Waals surface area contributed by atoms with Crippen molar-refractivity contribution < 1.29 is 13.2 Å². The van der Waals surface area contributed by atoms with E-state index in [4.69, 9.17) is 11.5 Å². The Labute approximate surface area is 101 Å². The number of hydrogen-bond acceptors (Lipinski definition) is 4. The summed E-state index contributed by atoms with van der Waals surface area (Å²) in [6, 6.07) is 3.93. The standard InChI is InChI=1S/C11H16N2O3S/c1-7-3-4-8(2)10(5-7)17(15,16)6-9(12)11(13)14/h3-5,9H,6,12H2,1-2H3,(H2,13,14). The highest BCUT2D eigenvalue weighted by atomic mass is 32.2. The fourth-order valence-electron chi connectivity index (χ4n) is 1.45. The number of primary amides is 1. The highest BCUT2D eigenvalue weighted by molar-refractivity contribution is 7.91. The third-order valence-corrected chi connectivity index (χ3v) is 4.35. The maximum absolute atomic E-state index is 12.0. The van der Waals surface area contributed by atoms with Crippen LogP contribution in [0.2, 0.25) is 0 Å². The maximum atomic E-state index is 12.0. The molecule has 1 atom stereocenters. The molecule has 0 aliphatic carbocycles. The molecule has 4 N–H and O–H groups in total. The largest absolute Gasteiger partial charge is 0.368 e. The van der Waals surface area contributed by atoms with Crippen molar-refractivity contribution in [1.29, 1.82) is 0 Å². The Bertz CT molecular complexity index is 538. The lowest BCUT2D eigenvalue weighted by Gasteiger charge is -2.11. The number of sulfone groups is 1. The van der Waals surface area contributed by atoms with Gasteiger partial charge in [0.25, 0.3) is 0 Å². The Balaban J connectivity index is 3.13. The van der Waals surface area contributed by atoms with Crippen LogP contribution < -0.4 is 11.5 Å². The summed E-state index contributed by atoms with van der Waals surface area (Å²) in [7, 11) is -3.58. The first-order valence-electron chi connectivity index (χ1n) is 5.09. The van der Waals surface area contributed by atoms with Crippen molar-refractivity contribution >= 4 is 15.7 Å². The molecule has 17 heavy (non-hydrogen) atoms. The van der Waals surface area contributed by atoms with Gasteiger partial charge < -0.3 is 11.5 Å². The quantitative estimate of drug-likeness (QED) is 0.784. The molecule has 94 valence electrons. The van der Waals surface area contributed by atoms with Crippen molar-refractivity contribution in [3.05, 3.63) is 29.3 Å². The van der Waals surface area contributed by atoms with Crippen molar-refractivity contribution in [2.24, 2.45) is 11.5 Å². The smallest absolute Gasteiger partial charge is 0.235 e. The van der Waals surface area contributed by atoms with E-state index >= 15 is 0 Å². The Morgan fingerprint density at radius 3 is 2.47 bits per heavy atom. The predicted molar refractivity (Wildman–Crippen MR) is 65.1 cm³/mol. The van der Waals surface area contributed by atoms with Crippen LogP contribution >= 0.6 is 0 Å². The second kappa shape index (κ2) is 4.85. The van der Waals surface area contributed by atoms with E-state index in [0.29, 0.717) is 5.56 Å². The van der Waals surface area contributed by atoms with Crippen LogP contribution in [0.15, 0.2) is 23.1 Å². The number of nitrogens with two attached hydrogens (primary N) is 2. The first-order chi connectivity index (χ1) is 7.74. The molecular formula is C11H16N2O3S. The number of hydrogen-bond donors (Lipinski definition) is 2. The topological polar surface area (TPSA) is 103 Å². The molecule has 0 heterocycles. The van der Waals surface area contributed by atoms with Crippen LogP contribution in [-0.4, -0.2) is 26.1 Å². The fourth-order valence-corrected chi connectivity index (χ4v) is 3.19. The summed E-state index contributed by atoms with van der Waals surface area (Å²) in [6.07, 6.45) is 0. The molecule has 1 aromatic carbocycles. The molecule has 0 saturated carbocycles. The summed E-state index contributed by atoms with van der Waals surface area (Å²) in [5.41, 5.74) is 11.8. The van der Waals surface area contributed by atoms with E-state index in [1.54, 1.807) is 26.0 Å². The van der Waals surface area contributed by atoms with Crippen LogP contribution in [0, 0.1) is 13.8 Å². The van der Waals surface area contributed by atoms with Gasteiger partial charge in [-0.1, -0.05) is 12.1 Å². The van der Waals surface area contributed by atoms with Crippen molar-refractivity contribution in [3.8, 4) is 0 Å². The Kier molecular flexibility index (Phi) is 3.90. The van der Waals surface area contributed by atoms with E-state index in [9.17, 15) is 13.2 Å². The molecule has 0 saturated heterocycles. The van der Waals surface area contributed by atoms with Crippen molar-refractivity contribution in [1.82, 2.24) is 0 Å². The molecule has 5 nitrogen and oxygen atoms in total. The normalized spacial score (nSPS) is 13.4. The number of rotatable bonds is 4. The number of benzene rings is 1. The molecular weight excluding hydrogens is 240 g/mol. The number of carbonyl (C=O) groups is 1. The Morgan fingerprint density at radius 2 is 1.94 bits per heavy atom. The zero-order valence-electron chi connectivity index (χ0n) is 9.80. The summed E-state index contributed by atoms with van der Waals surface area (Å²) in [5.74, 6) is -1.29. The van der Waals surface area contributed by atoms with Crippen LogP contribution in [0.4, 0.5) is 0 Å². The number of carbonyl (C=O) groups excluding carboxylic acids is 1. The minimum atomic E-state index is -3.58. The van der Waals surface area contributed by atoms with Gasteiger partial charge in [0, 0.05) is 0 Å². The zero-order valence-corrected chi connectivity index (χ0v) is 10.6. The van der Waals surface area contributed by atoms with Gasteiger partial charge in [-0.05, 0) is 31.0 Å². The Hall–Kier alpha value is -1.40. The predicted octanol–water partition coefficient (Wildman–Crippen LogP) is -0.110. The van der Waals surface area contributed by atoms with Gasteiger partial charge >= 0.3 is 0 Å². The van der Waals surface area contributed by atoms with Crippen LogP contribution in [0.25, 0.3) is 0 Å². The van der Waals surface area contributed by atoms with Gasteiger partial charge in [-0.3, -0.25) is 4.79 Å². The SMILES string of the molecule is Cc1ccc(C)c(S(=O)(=O)CC(N)C(N)=O)c1. The first kappa shape index (κ1) is 13.7. The molecule has 0 spiro atoms. The molecule has 6 heteroatoms. The lowest BCUT2D eigenvalue weighted by atomic mass is 10.2. The van der Waals surface area contributed by atoms with E-state index in [-0.39, 0.29) is 4.90 Å². The van der Waals surface area contributed by atoms with Gasteiger partial charge in [-0.25, -0.2) is 8.42 Å². The lowest BCUT2D eigenvalue weighted by Crippen LogP contribution is -2.42. The van der Waals surface area contributed by atoms with Crippen molar-refractivity contribution in [3.63, 3.8) is 0 Å². The second-order valence-corrected chi connectivity index (χ2v) is 6.06. The summed E-state index contributed by atoms with van der Waals surface area (Å²) in [6.45, 7) is 3.49. The summed E-state index contributed by atoms with van der Waals surface area (Å²) in [5, 5.41) is 0. The van der Waals surface area contributed by atoms with Gasteiger partial charge in [0.15, 0.2) is 9.84 Å². The van der Waals surface area contributed by atoms with Crippen LogP contribution in [0.5, 0.6) is 0 Å². The number of aryl methyl sites for hydroxylation is 2. The van der Waals surface area contributed by atoms with Crippen molar-refractivity contribution in [2.45, 2.75) is 24.8 Å². The summed E-state index contributed by atoms with van der Waals surface area (Å²) >= 11 is 0. The molecule has 0 aliphatic heterocycles. The summed E-state index contributed by atoms with van der Waals surface area (Å²) in [4.78, 5) is 11.0. The summed E-state index contributed by atoms with van der Waals surface area (Å²) < 4.78 is 24.1. The van der Waals surface area contributed by atoms with E-state index in [1.165, 1.54) is 0 Å². The molecule has 1 rings (SSSR count). The first-order valence-corrected chi connectivity index (χ1v) is 6.74. The van der Waals surface area contributed by atoms with Gasteiger partial charge in [-0.2, -0.15) is 0 Å². The van der Waals surface area contributed by atoms with E-state index in [2.05, 4.69) is 0 Å². The zero-order chi connectivity index (χ0) is 13.2. The molecule has 1 amide bonds. The average Bonchev–Trinajstić information content (AvgIpc) is 2.20. The molecule has 0 aliphatic rings. The van der Waals surface area contributed by atoms with E-state index < -0.39 is 27.5 Å². The fraction of sp³-hybridized carbons (Fsp3) is 0.364. The van der Waals surface area contributed by atoms with E-state index in [0.717, 1.165) is 5.56 Å². The van der Waals surface area contributed by atoms with Crippen LogP contribution in [-0.2, 0) is 14.6 Å². The Morgan fingerprint density at radius 1 is 1.35 bits per heavy atom. The maximum Gasteiger partial charge on any atom is 0.235 e. The second-order valence-electron chi connectivity index (χ2n) is 4.06. The minimum absolute atomic E-state index is 0.203. The molecule has 0 bridgehead atoms. The average molecular weight is 256 g/mol. The lowest BCUT2D eigenvalue weighted by molar-refractivity contribution is -0.118. The van der Waals surface area contributed by atoms with Gasteiger partial charge in [0.2, 0.25) is 5.91 Å². The van der Waals surface area contributed by atoms with Crippen LogP contribution in [0.3, 0.4) is 0 Å². The van der Waals surface area contributed by atoms with Gasteiger partial charge in [0.1, 0.15) is 0 Å². The van der Waals surface area contributed by atoms with Crippen LogP contribution in [0.1, 0.15) is 11.1 Å².